The van der Waals surface area contributed by atoms with Gasteiger partial charge in [0.05, 0.1) is 7.11 Å². The molecule has 6 nitrogen and oxygen atoms in total. The Morgan fingerprint density at radius 3 is 2.14 bits per heavy atom. The van der Waals surface area contributed by atoms with Crippen molar-refractivity contribution in [2.24, 2.45) is 0 Å². The number of aliphatic hydroxyl groups is 2. The lowest BCUT2D eigenvalue weighted by atomic mass is 9.84. The van der Waals surface area contributed by atoms with Gasteiger partial charge in [0.1, 0.15) is 43.0 Å². The summed E-state index contributed by atoms with van der Waals surface area (Å²) < 4.78 is 23.2. The van der Waals surface area contributed by atoms with Crippen molar-refractivity contribution in [1.82, 2.24) is 0 Å². The molecular weight excluding hydrogens is 468 g/mol. The highest BCUT2D eigenvalue weighted by Gasteiger charge is 2.43. The van der Waals surface area contributed by atoms with E-state index >= 15 is 0 Å². The Balaban J connectivity index is 1.26. The van der Waals surface area contributed by atoms with Crippen LogP contribution in [0.5, 0.6) is 23.0 Å². The third kappa shape index (κ3) is 5.71. The molecule has 37 heavy (non-hydrogen) atoms. The molecule has 1 heterocycles. The zero-order valence-electron chi connectivity index (χ0n) is 20.7. The fraction of sp³-hybridized carbons (Fsp3) is 0.226. The van der Waals surface area contributed by atoms with Gasteiger partial charge in [0.25, 0.3) is 0 Å². The molecule has 6 heteroatoms. The molecule has 0 amide bonds. The lowest BCUT2D eigenvalue weighted by Gasteiger charge is -2.38. The Morgan fingerprint density at radius 1 is 0.784 bits per heavy atom. The summed E-state index contributed by atoms with van der Waals surface area (Å²) >= 11 is 0. The van der Waals surface area contributed by atoms with E-state index in [9.17, 15) is 10.2 Å². The minimum atomic E-state index is -1.50. The van der Waals surface area contributed by atoms with E-state index in [0.717, 1.165) is 16.7 Å². The molecule has 0 saturated heterocycles. The summed E-state index contributed by atoms with van der Waals surface area (Å²) in [4.78, 5) is 0. The standard InChI is InChI=1S/C31H30O6/c1-34-29-16-24(12-15-27(29)36-20-23-10-6-3-7-11-23)18-31(33)21-37-28-17-25(13-14-26(28)30(31)32)35-19-22-8-4-2-5-9-22/h2-17,30,32-33H,18-21H2,1H3/t30-,31-/m1/s1. The number of hydrogen-bond acceptors (Lipinski definition) is 6. The number of hydrogen-bond donors (Lipinski definition) is 2. The first-order chi connectivity index (χ1) is 18.0. The van der Waals surface area contributed by atoms with Crippen molar-refractivity contribution in [3.05, 3.63) is 119 Å². The van der Waals surface area contributed by atoms with Crippen LogP contribution in [-0.2, 0) is 19.6 Å². The second-order valence-corrected chi connectivity index (χ2v) is 9.20. The Morgan fingerprint density at radius 2 is 1.46 bits per heavy atom. The van der Waals surface area contributed by atoms with Crippen molar-refractivity contribution in [1.29, 1.82) is 0 Å². The molecular formula is C31H30O6. The number of rotatable bonds is 9. The maximum atomic E-state index is 11.4. The molecule has 0 aliphatic carbocycles. The average Bonchev–Trinajstić information content (AvgIpc) is 2.94. The fourth-order valence-corrected chi connectivity index (χ4v) is 4.45. The Labute approximate surface area is 216 Å². The molecule has 0 aromatic heterocycles. The van der Waals surface area contributed by atoms with E-state index in [2.05, 4.69) is 0 Å². The number of aliphatic hydroxyl groups excluding tert-OH is 1. The third-order valence-corrected chi connectivity index (χ3v) is 6.49. The van der Waals surface area contributed by atoms with Crippen LogP contribution in [0.2, 0.25) is 0 Å². The van der Waals surface area contributed by atoms with E-state index in [1.54, 1.807) is 25.3 Å². The Kier molecular flexibility index (Phi) is 7.30. The monoisotopic (exact) mass is 498 g/mol. The van der Waals surface area contributed by atoms with E-state index in [-0.39, 0.29) is 13.0 Å². The molecule has 0 radical (unpaired) electrons. The molecule has 1 aliphatic rings. The summed E-state index contributed by atoms with van der Waals surface area (Å²) in [6, 6.07) is 30.6. The maximum absolute atomic E-state index is 11.4. The first-order valence-electron chi connectivity index (χ1n) is 12.2. The minimum Gasteiger partial charge on any atom is -0.493 e. The summed E-state index contributed by atoms with van der Waals surface area (Å²) in [5.74, 6) is 2.31. The fourth-order valence-electron chi connectivity index (χ4n) is 4.45. The largest absolute Gasteiger partial charge is 0.493 e. The van der Waals surface area contributed by atoms with Crippen LogP contribution in [0.1, 0.15) is 28.4 Å². The SMILES string of the molecule is COc1cc(C[C@@]2(O)COc3cc(OCc4ccccc4)ccc3[C@H]2O)ccc1OCc1ccccc1. The summed E-state index contributed by atoms with van der Waals surface area (Å²) in [5.41, 5.74) is 1.92. The summed E-state index contributed by atoms with van der Waals surface area (Å²) in [6.45, 7) is 0.789. The van der Waals surface area contributed by atoms with Crippen molar-refractivity contribution >= 4 is 0 Å². The van der Waals surface area contributed by atoms with Gasteiger partial charge in [-0.05, 0) is 41.0 Å². The molecule has 1 aliphatic heterocycles. The van der Waals surface area contributed by atoms with Crippen molar-refractivity contribution < 1.29 is 29.2 Å². The highest BCUT2D eigenvalue weighted by atomic mass is 16.5. The van der Waals surface area contributed by atoms with Crippen molar-refractivity contribution in [3.8, 4) is 23.0 Å². The smallest absolute Gasteiger partial charge is 0.161 e. The summed E-state index contributed by atoms with van der Waals surface area (Å²) in [6.07, 6.45) is -0.950. The van der Waals surface area contributed by atoms with Gasteiger partial charge in [0.15, 0.2) is 11.5 Å². The predicted octanol–water partition coefficient (Wildman–Crippen LogP) is 5.25. The highest BCUT2D eigenvalue weighted by Crippen LogP contribution is 2.42. The number of fused-ring (bicyclic) bond motifs is 1. The van der Waals surface area contributed by atoms with Crippen molar-refractivity contribution in [2.45, 2.75) is 31.3 Å². The highest BCUT2D eigenvalue weighted by molar-refractivity contribution is 5.46. The van der Waals surface area contributed by atoms with Gasteiger partial charge in [-0.25, -0.2) is 0 Å². The molecule has 0 fully saturated rings. The number of methoxy groups -OCH3 is 1. The molecule has 0 saturated carbocycles. The molecule has 2 atom stereocenters. The van der Waals surface area contributed by atoms with E-state index in [0.29, 0.717) is 41.8 Å². The van der Waals surface area contributed by atoms with Crippen molar-refractivity contribution in [3.63, 3.8) is 0 Å². The van der Waals surface area contributed by atoms with Crippen LogP contribution in [0, 0.1) is 0 Å². The van der Waals surface area contributed by atoms with Gasteiger partial charge in [0.2, 0.25) is 0 Å². The molecule has 0 bridgehead atoms. The first kappa shape index (κ1) is 24.7. The quantitative estimate of drug-likeness (QED) is 0.328. The Bertz CT molecular complexity index is 1320. The van der Waals surface area contributed by atoms with E-state index in [4.69, 9.17) is 18.9 Å². The van der Waals surface area contributed by atoms with E-state index < -0.39 is 11.7 Å². The molecule has 0 unspecified atom stereocenters. The molecule has 4 aromatic carbocycles. The van der Waals surface area contributed by atoms with Gasteiger partial charge in [-0.15, -0.1) is 0 Å². The van der Waals surface area contributed by atoms with Gasteiger partial charge in [-0.2, -0.15) is 0 Å². The molecule has 5 rings (SSSR count). The van der Waals surface area contributed by atoms with Gasteiger partial charge in [0, 0.05) is 18.1 Å². The number of ether oxygens (including phenoxy) is 4. The summed E-state index contributed by atoms with van der Waals surface area (Å²) in [5, 5.41) is 22.5. The summed E-state index contributed by atoms with van der Waals surface area (Å²) in [7, 11) is 1.58. The minimum absolute atomic E-state index is 0.0577. The molecule has 4 aromatic rings. The van der Waals surface area contributed by atoms with Crippen LogP contribution in [0.3, 0.4) is 0 Å². The normalized spacial score (nSPS) is 18.4. The van der Waals surface area contributed by atoms with Crippen LogP contribution in [0.4, 0.5) is 0 Å². The lowest BCUT2D eigenvalue weighted by molar-refractivity contribution is -0.114. The van der Waals surface area contributed by atoms with Gasteiger partial charge >= 0.3 is 0 Å². The van der Waals surface area contributed by atoms with Crippen LogP contribution in [-0.4, -0.2) is 29.5 Å². The van der Waals surface area contributed by atoms with Gasteiger partial charge in [-0.3, -0.25) is 0 Å². The van der Waals surface area contributed by atoms with Gasteiger partial charge in [-0.1, -0.05) is 66.7 Å². The zero-order valence-corrected chi connectivity index (χ0v) is 20.7. The second-order valence-electron chi connectivity index (χ2n) is 9.20. The predicted molar refractivity (Wildman–Crippen MR) is 140 cm³/mol. The van der Waals surface area contributed by atoms with Crippen LogP contribution in [0.25, 0.3) is 0 Å². The van der Waals surface area contributed by atoms with E-state index in [1.807, 2.05) is 78.9 Å². The van der Waals surface area contributed by atoms with Gasteiger partial charge < -0.3 is 29.2 Å². The number of benzene rings is 4. The van der Waals surface area contributed by atoms with Crippen LogP contribution >= 0.6 is 0 Å². The van der Waals surface area contributed by atoms with E-state index in [1.165, 1.54) is 0 Å². The Hall–Kier alpha value is -4.00. The third-order valence-electron chi connectivity index (χ3n) is 6.49. The molecule has 0 spiro atoms. The van der Waals surface area contributed by atoms with Crippen LogP contribution in [0.15, 0.2) is 97.1 Å². The maximum Gasteiger partial charge on any atom is 0.161 e. The zero-order chi connectivity index (χ0) is 25.7. The lowest BCUT2D eigenvalue weighted by Crippen LogP contribution is -2.47. The molecule has 2 N–H and O–H groups in total. The molecule has 190 valence electrons. The average molecular weight is 499 g/mol. The second kappa shape index (κ2) is 10.9. The van der Waals surface area contributed by atoms with Crippen LogP contribution < -0.4 is 18.9 Å². The topological polar surface area (TPSA) is 77.4 Å². The van der Waals surface area contributed by atoms with Crippen molar-refractivity contribution in [2.75, 3.05) is 13.7 Å². The first-order valence-corrected chi connectivity index (χ1v) is 12.2.